The Morgan fingerprint density at radius 1 is 1.12 bits per heavy atom. The van der Waals surface area contributed by atoms with Gasteiger partial charge >= 0.3 is 0 Å². The van der Waals surface area contributed by atoms with Crippen LogP contribution in [0.25, 0.3) is 0 Å². The number of benzene rings is 1. The third kappa shape index (κ3) is 5.59. The third-order valence-corrected chi connectivity index (χ3v) is 4.43. The molecule has 6 nitrogen and oxygen atoms in total. The van der Waals surface area contributed by atoms with Crippen molar-refractivity contribution in [2.24, 2.45) is 5.92 Å². The van der Waals surface area contributed by atoms with E-state index in [1.807, 2.05) is 0 Å². The molecule has 0 radical (unpaired) electrons. The van der Waals surface area contributed by atoms with Crippen LogP contribution in [0, 0.1) is 5.92 Å². The summed E-state index contributed by atoms with van der Waals surface area (Å²) in [5, 5.41) is 5.66. The molecule has 1 aliphatic heterocycles. The van der Waals surface area contributed by atoms with Gasteiger partial charge in [0.2, 0.25) is 11.8 Å². The monoisotopic (exact) mass is 345 g/mol. The molecule has 1 fully saturated rings. The lowest BCUT2D eigenvalue weighted by atomic mass is 9.95. The molecule has 136 valence electrons. The van der Waals surface area contributed by atoms with Gasteiger partial charge in [-0.15, -0.1) is 0 Å². The highest BCUT2D eigenvalue weighted by Crippen LogP contribution is 2.20. The molecule has 1 aromatic carbocycles. The Morgan fingerprint density at radius 3 is 2.32 bits per heavy atom. The molecule has 25 heavy (non-hydrogen) atoms. The number of amides is 3. The zero-order valence-electron chi connectivity index (χ0n) is 15.0. The van der Waals surface area contributed by atoms with E-state index in [4.69, 9.17) is 0 Å². The van der Waals surface area contributed by atoms with Crippen molar-refractivity contribution in [3.63, 3.8) is 0 Å². The minimum Gasteiger partial charge on any atom is -0.356 e. The molecule has 1 heterocycles. The summed E-state index contributed by atoms with van der Waals surface area (Å²) in [4.78, 5) is 37.5. The van der Waals surface area contributed by atoms with Crippen LogP contribution in [0.2, 0.25) is 0 Å². The predicted molar refractivity (Wildman–Crippen MR) is 97.3 cm³/mol. The first-order valence-corrected chi connectivity index (χ1v) is 8.96. The number of likely N-dealkylation sites (tertiary alicyclic amines) is 1. The van der Waals surface area contributed by atoms with Gasteiger partial charge in [0.1, 0.15) is 0 Å². The number of carbonyl (C=O) groups is 3. The number of unbranched alkanes of at least 4 members (excludes halogenated alkanes) is 1. The van der Waals surface area contributed by atoms with E-state index in [1.165, 1.54) is 6.92 Å². The SMILES string of the molecule is CCCCNC(=O)C1CCN(C(=O)c2ccc(NC(C)=O)cc2)CC1. The fraction of sp³-hybridized carbons (Fsp3) is 0.526. The minimum absolute atomic E-state index is 0.00282. The first-order valence-electron chi connectivity index (χ1n) is 8.96. The smallest absolute Gasteiger partial charge is 0.253 e. The van der Waals surface area contributed by atoms with Crippen LogP contribution in [0.15, 0.2) is 24.3 Å². The maximum Gasteiger partial charge on any atom is 0.253 e. The van der Waals surface area contributed by atoms with E-state index in [0.717, 1.165) is 19.4 Å². The molecule has 0 bridgehead atoms. The normalized spacial score (nSPS) is 14.9. The van der Waals surface area contributed by atoms with Gasteiger partial charge in [0.15, 0.2) is 0 Å². The number of hydrogen-bond donors (Lipinski definition) is 2. The van der Waals surface area contributed by atoms with Crippen LogP contribution >= 0.6 is 0 Å². The second-order valence-corrected chi connectivity index (χ2v) is 6.47. The standard InChI is InChI=1S/C19H27N3O3/c1-3-4-11-20-18(24)15-9-12-22(13-10-15)19(25)16-5-7-17(8-6-16)21-14(2)23/h5-8,15H,3-4,9-13H2,1-2H3,(H,20,24)(H,21,23). The molecule has 1 aliphatic rings. The van der Waals surface area contributed by atoms with Crippen LogP contribution in [-0.2, 0) is 9.59 Å². The first kappa shape index (κ1) is 19.0. The van der Waals surface area contributed by atoms with E-state index in [-0.39, 0.29) is 23.6 Å². The third-order valence-electron chi connectivity index (χ3n) is 4.43. The molecular formula is C19H27N3O3. The Bertz CT molecular complexity index is 605. The summed E-state index contributed by atoms with van der Waals surface area (Å²) in [5.74, 6) is -0.0548. The molecule has 0 atom stereocenters. The van der Waals surface area contributed by atoms with Crippen molar-refractivity contribution in [3.05, 3.63) is 29.8 Å². The molecule has 6 heteroatoms. The number of hydrogen-bond acceptors (Lipinski definition) is 3. The van der Waals surface area contributed by atoms with Gasteiger partial charge in [-0.1, -0.05) is 13.3 Å². The van der Waals surface area contributed by atoms with Crippen LogP contribution in [0.3, 0.4) is 0 Å². The summed E-state index contributed by atoms with van der Waals surface area (Å²) in [6.45, 7) is 5.46. The number of piperidine rings is 1. The Morgan fingerprint density at radius 2 is 1.76 bits per heavy atom. The quantitative estimate of drug-likeness (QED) is 0.777. The Hall–Kier alpha value is -2.37. The zero-order valence-corrected chi connectivity index (χ0v) is 15.0. The van der Waals surface area contributed by atoms with Crippen LogP contribution < -0.4 is 10.6 Å². The van der Waals surface area contributed by atoms with Crippen molar-refractivity contribution in [3.8, 4) is 0 Å². The van der Waals surface area contributed by atoms with Crippen molar-refractivity contribution in [2.75, 3.05) is 25.0 Å². The second kappa shape index (κ2) is 9.20. The molecule has 0 aliphatic carbocycles. The van der Waals surface area contributed by atoms with Gasteiger partial charge in [-0.05, 0) is 43.5 Å². The Balaban J connectivity index is 1.84. The summed E-state index contributed by atoms with van der Waals surface area (Å²) in [6, 6.07) is 6.89. The molecular weight excluding hydrogens is 318 g/mol. The van der Waals surface area contributed by atoms with Crippen molar-refractivity contribution >= 4 is 23.4 Å². The molecule has 0 saturated carbocycles. The number of nitrogens with one attached hydrogen (secondary N) is 2. The van der Waals surface area contributed by atoms with E-state index < -0.39 is 0 Å². The van der Waals surface area contributed by atoms with E-state index in [0.29, 0.717) is 37.2 Å². The zero-order chi connectivity index (χ0) is 18.2. The fourth-order valence-electron chi connectivity index (χ4n) is 2.96. The summed E-state index contributed by atoms with van der Waals surface area (Å²) in [7, 11) is 0. The van der Waals surface area contributed by atoms with Gasteiger partial charge < -0.3 is 15.5 Å². The Kier molecular flexibility index (Phi) is 6.98. The maximum absolute atomic E-state index is 12.6. The van der Waals surface area contributed by atoms with Gasteiger partial charge in [-0.2, -0.15) is 0 Å². The average Bonchev–Trinajstić information content (AvgIpc) is 2.61. The molecule has 2 rings (SSSR count). The minimum atomic E-state index is -0.140. The second-order valence-electron chi connectivity index (χ2n) is 6.47. The lowest BCUT2D eigenvalue weighted by Crippen LogP contribution is -2.43. The van der Waals surface area contributed by atoms with Gasteiger partial charge in [-0.25, -0.2) is 0 Å². The summed E-state index contributed by atoms with van der Waals surface area (Å²) in [6.07, 6.45) is 3.47. The molecule has 3 amide bonds. The number of anilines is 1. The largest absolute Gasteiger partial charge is 0.356 e. The van der Waals surface area contributed by atoms with Gasteiger partial charge in [0.25, 0.3) is 5.91 Å². The first-order chi connectivity index (χ1) is 12.0. The lowest BCUT2D eigenvalue weighted by Gasteiger charge is -2.31. The fourth-order valence-corrected chi connectivity index (χ4v) is 2.96. The molecule has 1 saturated heterocycles. The summed E-state index contributed by atoms with van der Waals surface area (Å²) < 4.78 is 0. The van der Waals surface area contributed by atoms with E-state index in [9.17, 15) is 14.4 Å². The highest BCUT2D eigenvalue weighted by atomic mass is 16.2. The Labute approximate surface area is 149 Å². The number of nitrogens with zero attached hydrogens (tertiary/aromatic N) is 1. The van der Waals surface area contributed by atoms with E-state index >= 15 is 0 Å². The van der Waals surface area contributed by atoms with E-state index in [1.54, 1.807) is 29.2 Å². The van der Waals surface area contributed by atoms with Crippen LogP contribution in [0.5, 0.6) is 0 Å². The van der Waals surface area contributed by atoms with Crippen LogP contribution in [0.4, 0.5) is 5.69 Å². The topological polar surface area (TPSA) is 78.5 Å². The molecule has 2 N–H and O–H groups in total. The highest BCUT2D eigenvalue weighted by Gasteiger charge is 2.27. The molecule has 0 unspecified atom stereocenters. The van der Waals surface area contributed by atoms with Gasteiger partial charge in [0.05, 0.1) is 0 Å². The van der Waals surface area contributed by atoms with Crippen molar-refractivity contribution < 1.29 is 14.4 Å². The molecule has 0 aromatic heterocycles. The summed E-state index contributed by atoms with van der Waals surface area (Å²) in [5.41, 5.74) is 1.27. The molecule has 1 aromatic rings. The maximum atomic E-state index is 12.6. The number of rotatable bonds is 6. The number of carbonyl (C=O) groups excluding carboxylic acids is 3. The van der Waals surface area contributed by atoms with Gasteiger partial charge in [-0.3, -0.25) is 14.4 Å². The van der Waals surface area contributed by atoms with Crippen molar-refractivity contribution in [1.29, 1.82) is 0 Å². The average molecular weight is 345 g/mol. The van der Waals surface area contributed by atoms with E-state index in [2.05, 4.69) is 17.6 Å². The van der Waals surface area contributed by atoms with Crippen molar-refractivity contribution in [1.82, 2.24) is 10.2 Å². The van der Waals surface area contributed by atoms with Crippen LogP contribution in [-0.4, -0.2) is 42.3 Å². The van der Waals surface area contributed by atoms with Gasteiger partial charge in [0, 0.05) is 43.7 Å². The lowest BCUT2D eigenvalue weighted by molar-refractivity contribution is -0.126. The highest BCUT2D eigenvalue weighted by molar-refractivity contribution is 5.95. The molecule has 0 spiro atoms. The predicted octanol–water partition coefficient (Wildman–Crippen LogP) is 2.41. The van der Waals surface area contributed by atoms with Crippen molar-refractivity contribution in [2.45, 2.75) is 39.5 Å². The van der Waals surface area contributed by atoms with Crippen LogP contribution in [0.1, 0.15) is 49.9 Å². The summed E-state index contributed by atoms with van der Waals surface area (Å²) >= 11 is 0.